The molecule has 0 aliphatic rings. The van der Waals surface area contributed by atoms with Gasteiger partial charge in [0.15, 0.2) is 0 Å². The van der Waals surface area contributed by atoms with Crippen molar-refractivity contribution < 1.29 is 18.4 Å². The van der Waals surface area contributed by atoms with Crippen LogP contribution in [0.3, 0.4) is 0 Å². The third kappa shape index (κ3) is 6.13. The first-order valence-corrected chi connectivity index (χ1v) is 9.73. The zero-order valence-corrected chi connectivity index (χ0v) is 14.8. The van der Waals surface area contributed by atoms with Crippen LogP contribution >= 0.6 is 0 Å². The van der Waals surface area contributed by atoms with Gasteiger partial charge in [-0.05, 0) is 31.4 Å². The Labute approximate surface area is 134 Å². The van der Waals surface area contributed by atoms with Crippen LogP contribution in [0.15, 0.2) is 42.5 Å². The van der Waals surface area contributed by atoms with Crippen molar-refractivity contribution in [2.45, 2.75) is 31.9 Å². The van der Waals surface area contributed by atoms with Crippen LogP contribution < -0.4 is 0 Å². The zero-order valence-electron chi connectivity index (χ0n) is 13.8. The van der Waals surface area contributed by atoms with Crippen LogP contribution in [0.2, 0.25) is 6.04 Å². The smallest absolute Gasteiger partial charge is 0.342 e. The third-order valence-electron chi connectivity index (χ3n) is 3.59. The first kappa shape index (κ1) is 18.6. The van der Waals surface area contributed by atoms with Gasteiger partial charge in [-0.3, -0.25) is 0 Å². The highest BCUT2D eigenvalue weighted by Gasteiger charge is 2.35. The summed E-state index contributed by atoms with van der Waals surface area (Å²) in [4.78, 5) is 11.3. The van der Waals surface area contributed by atoms with E-state index in [1.54, 1.807) is 21.1 Å². The minimum absolute atomic E-state index is 0.328. The Balaban J connectivity index is 2.43. The highest BCUT2D eigenvalue weighted by molar-refractivity contribution is 6.66. The maximum absolute atomic E-state index is 11.3. The number of carbonyl (C=O) groups is 1. The molecule has 0 radical (unpaired) electrons. The van der Waals surface area contributed by atoms with Crippen molar-refractivity contribution in [3.63, 3.8) is 0 Å². The normalized spacial score (nSPS) is 11.2. The van der Waals surface area contributed by atoms with Crippen LogP contribution in [0, 0.1) is 0 Å². The second kappa shape index (κ2) is 9.56. The monoisotopic (exact) mass is 322 g/mol. The van der Waals surface area contributed by atoms with Crippen molar-refractivity contribution in [1.82, 2.24) is 0 Å². The first-order chi connectivity index (χ1) is 10.5. The number of hydrogen-bond acceptors (Lipinski definition) is 4. The van der Waals surface area contributed by atoms with Gasteiger partial charge >= 0.3 is 14.5 Å². The van der Waals surface area contributed by atoms with Gasteiger partial charge in [-0.1, -0.05) is 36.9 Å². The molecule has 0 bridgehead atoms. The summed E-state index contributed by atoms with van der Waals surface area (Å²) in [6.45, 7) is 5.62. The van der Waals surface area contributed by atoms with Gasteiger partial charge < -0.3 is 13.6 Å². The molecule has 0 saturated heterocycles. The van der Waals surface area contributed by atoms with Crippen LogP contribution in [0.4, 0.5) is 0 Å². The number of carbonyl (C=O) groups excluding carboxylic acids is 1. The molecule has 0 spiro atoms. The Morgan fingerprint density at radius 1 is 1.14 bits per heavy atom. The summed E-state index contributed by atoms with van der Waals surface area (Å²) in [5.41, 5.74) is 1.66. The van der Waals surface area contributed by atoms with E-state index in [2.05, 4.69) is 18.7 Å². The topological polar surface area (TPSA) is 44.8 Å². The number of hydrogen-bond donors (Lipinski definition) is 0. The van der Waals surface area contributed by atoms with E-state index in [9.17, 15) is 4.79 Å². The summed E-state index contributed by atoms with van der Waals surface area (Å²) < 4.78 is 16.6. The van der Waals surface area contributed by atoms with E-state index in [4.69, 9.17) is 13.6 Å². The first-order valence-electron chi connectivity index (χ1n) is 7.50. The van der Waals surface area contributed by atoms with Crippen LogP contribution in [0.25, 0.3) is 0 Å². The van der Waals surface area contributed by atoms with E-state index in [0.717, 1.165) is 24.9 Å². The molecule has 0 unspecified atom stereocenters. The lowest BCUT2D eigenvalue weighted by Gasteiger charge is -2.27. The summed E-state index contributed by atoms with van der Waals surface area (Å²) in [6.07, 6.45) is 1.71. The second-order valence-electron chi connectivity index (χ2n) is 5.35. The SMILES string of the molecule is C=C(C)C(=O)OCCCC[Si](Cc1ccccc1)(OC)OC. The van der Waals surface area contributed by atoms with Crippen molar-refractivity contribution in [3.8, 4) is 0 Å². The fourth-order valence-electron chi connectivity index (χ4n) is 2.21. The standard InChI is InChI=1S/C17H26O4Si/c1-15(2)17(18)21-12-8-9-13-22(19-3,20-4)14-16-10-6-5-7-11-16/h5-7,10-11H,1,8-9,12-14H2,2-4H3. The Kier molecular flexibility index (Phi) is 8.09. The molecule has 0 saturated carbocycles. The molecule has 0 N–H and O–H groups in total. The highest BCUT2D eigenvalue weighted by Crippen LogP contribution is 2.21. The molecule has 0 aliphatic carbocycles. The van der Waals surface area contributed by atoms with Gasteiger partial charge in [0, 0.05) is 25.8 Å². The Morgan fingerprint density at radius 2 is 1.77 bits per heavy atom. The third-order valence-corrected chi connectivity index (χ3v) is 7.14. The van der Waals surface area contributed by atoms with Crippen molar-refractivity contribution in [2.75, 3.05) is 20.8 Å². The molecule has 22 heavy (non-hydrogen) atoms. The fourth-order valence-corrected chi connectivity index (χ4v) is 4.90. The van der Waals surface area contributed by atoms with E-state index in [-0.39, 0.29) is 5.97 Å². The lowest BCUT2D eigenvalue weighted by atomic mass is 10.2. The molecular formula is C17H26O4Si. The van der Waals surface area contributed by atoms with E-state index >= 15 is 0 Å². The van der Waals surface area contributed by atoms with Gasteiger partial charge in [0.25, 0.3) is 0 Å². The Morgan fingerprint density at radius 3 is 2.32 bits per heavy atom. The number of unbranched alkanes of at least 4 members (excludes halogenated alkanes) is 1. The molecule has 0 atom stereocenters. The molecule has 1 rings (SSSR count). The van der Waals surface area contributed by atoms with Crippen LogP contribution in [-0.4, -0.2) is 35.4 Å². The molecule has 1 aromatic carbocycles. The van der Waals surface area contributed by atoms with Gasteiger partial charge in [-0.2, -0.15) is 0 Å². The quantitative estimate of drug-likeness (QED) is 0.287. The fraction of sp³-hybridized carbons (Fsp3) is 0.471. The minimum Gasteiger partial charge on any atom is -0.462 e. The average Bonchev–Trinajstić information content (AvgIpc) is 2.54. The summed E-state index contributed by atoms with van der Waals surface area (Å²) in [6, 6.07) is 11.9. The number of ether oxygens (including phenoxy) is 1. The summed E-state index contributed by atoms with van der Waals surface area (Å²) in [7, 11) is 1.20. The summed E-state index contributed by atoms with van der Waals surface area (Å²) >= 11 is 0. The van der Waals surface area contributed by atoms with Gasteiger partial charge in [-0.25, -0.2) is 4.79 Å². The number of esters is 1. The summed E-state index contributed by atoms with van der Waals surface area (Å²) in [5, 5.41) is 0. The van der Waals surface area contributed by atoms with Gasteiger partial charge in [0.1, 0.15) is 0 Å². The molecule has 0 amide bonds. The molecular weight excluding hydrogens is 296 g/mol. The highest BCUT2D eigenvalue weighted by atomic mass is 28.4. The predicted octanol–water partition coefficient (Wildman–Crippen LogP) is 3.40. The molecule has 0 aromatic heterocycles. The van der Waals surface area contributed by atoms with Gasteiger partial charge in [0.05, 0.1) is 6.61 Å². The van der Waals surface area contributed by atoms with Crippen molar-refractivity contribution >= 4 is 14.5 Å². The minimum atomic E-state index is -2.24. The average molecular weight is 322 g/mol. The molecule has 122 valence electrons. The lowest BCUT2D eigenvalue weighted by Crippen LogP contribution is -2.43. The van der Waals surface area contributed by atoms with Crippen LogP contribution in [0.1, 0.15) is 25.3 Å². The molecule has 1 aromatic rings. The van der Waals surface area contributed by atoms with Crippen molar-refractivity contribution in [3.05, 3.63) is 48.0 Å². The maximum Gasteiger partial charge on any atom is 0.342 e. The molecule has 0 fully saturated rings. The van der Waals surface area contributed by atoms with E-state index < -0.39 is 8.56 Å². The molecule has 0 aliphatic heterocycles. The lowest BCUT2D eigenvalue weighted by molar-refractivity contribution is -0.139. The van der Waals surface area contributed by atoms with E-state index in [1.165, 1.54) is 5.56 Å². The second-order valence-corrected chi connectivity index (χ2v) is 8.85. The summed E-state index contributed by atoms with van der Waals surface area (Å²) in [5.74, 6) is -0.328. The van der Waals surface area contributed by atoms with Gasteiger partial charge in [-0.15, -0.1) is 0 Å². The van der Waals surface area contributed by atoms with Crippen molar-refractivity contribution in [2.24, 2.45) is 0 Å². The Bertz CT molecular complexity index is 469. The van der Waals surface area contributed by atoms with E-state index in [1.807, 2.05) is 18.2 Å². The van der Waals surface area contributed by atoms with Crippen molar-refractivity contribution in [1.29, 1.82) is 0 Å². The predicted molar refractivity (Wildman–Crippen MR) is 89.7 cm³/mol. The molecule has 5 heteroatoms. The van der Waals surface area contributed by atoms with Crippen LogP contribution in [-0.2, 0) is 24.4 Å². The van der Waals surface area contributed by atoms with Gasteiger partial charge in [0.2, 0.25) is 0 Å². The number of rotatable bonds is 10. The van der Waals surface area contributed by atoms with Crippen LogP contribution in [0.5, 0.6) is 0 Å². The number of benzene rings is 1. The zero-order chi connectivity index (χ0) is 16.4. The molecule has 0 heterocycles. The largest absolute Gasteiger partial charge is 0.462 e. The molecule has 4 nitrogen and oxygen atoms in total. The Hall–Kier alpha value is -1.43. The van der Waals surface area contributed by atoms with E-state index in [0.29, 0.717) is 12.2 Å². The maximum atomic E-state index is 11.3.